The van der Waals surface area contributed by atoms with Gasteiger partial charge < -0.3 is 24.3 Å². The smallest absolute Gasteiger partial charge is 0.270 e. The summed E-state index contributed by atoms with van der Waals surface area (Å²) in [5, 5.41) is 5.69. The Labute approximate surface area is 245 Å². The van der Waals surface area contributed by atoms with Gasteiger partial charge in [0.05, 0.1) is 35.0 Å². The van der Waals surface area contributed by atoms with Crippen LogP contribution in [0, 0.1) is 0 Å². The maximum absolute atomic E-state index is 12.8. The largest absolute Gasteiger partial charge is 0.497 e. The van der Waals surface area contributed by atoms with Gasteiger partial charge in [0.1, 0.15) is 22.2 Å². The fourth-order valence-corrected chi connectivity index (χ4v) is 5.31. The summed E-state index contributed by atoms with van der Waals surface area (Å²) in [5.74, 6) is 2.75. The van der Waals surface area contributed by atoms with E-state index in [1.54, 1.807) is 28.4 Å². The number of rotatable bonds is 15. The van der Waals surface area contributed by atoms with E-state index in [0.717, 1.165) is 47.0 Å². The molecule has 0 spiro atoms. The Hall–Kier alpha value is -4.08. The van der Waals surface area contributed by atoms with Gasteiger partial charge in [-0.05, 0) is 42.2 Å². The van der Waals surface area contributed by atoms with E-state index < -0.39 is 0 Å². The molecule has 0 aliphatic rings. The highest BCUT2D eigenvalue weighted by atomic mass is 32.1. The average molecular weight is 576 g/mol. The molecule has 0 atom stereocenters. The second-order valence-electron chi connectivity index (χ2n) is 9.45. The molecule has 0 bridgehead atoms. The van der Waals surface area contributed by atoms with Crippen LogP contribution in [0.5, 0.6) is 23.0 Å². The SMILES string of the molecule is COc1ccc(CN(CCc2ccc(OC)c(OC)c2)Cc2nc(C(=O)NCCc3ccccc3)cs2)c(OC)c1. The minimum atomic E-state index is -0.155. The molecule has 0 unspecified atom stereocenters. The Balaban J connectivity index is 1.45. The number of ether oxygens (including phenoxy) is 4. The summed E-state index contributed by atoms with van der Waals surface area (Å²) < 4.78 is 21.9. The highest BCUT2D eigenvalue weighted by molar-refractivity contribution is 7.09. The van der Waals surface area contributed by atoms with Crippen LogP contribution in [0.15, 0.2) is 72.1 Å². The molecule has 0 saturated heterocycles. The zero-order chi connectivity index (χ0) is 29.0. The highest BCUT2D eigenvalue weighted by Gasteiger charge is 2.17. The Morgan fingerprint density at radius 1 is 0.805 bits per heavy atom. The van der Waals surface area contributed by atoms with Crippen molar-refractivity contribution in [1.29, 1.82) is 0 Å². The maximum atomic E-state index is 12.8. The first-order chi connectivity index (χ1) is 20.0. The molecule has 216 valence electrons. The van der Waals surface area contributed by atoms with Gasteiger partial charge in [0, 0.05) is 36.6 Å². The average Bonchev–Trinajstić information content (AvgIpc) is 3.49. The van der Waals surface area contributed by atoms with Gasteiger partial charge in [0.25, 0.3) is 5.91 Å². The Bertz CT molecular complexity index is 1410. The third kappa shape index (κ3) is 8.45. The first kappa shape index (κ1) is 29.9. The lowest BCUT2D eigenvalue weighted by Gasteiger charge is -2.23. The van der Waals surface area contributed by atoms with Crippen LogP contribution >= 0.6 is 11.3 Å². The minimum Gasteiger partial charge on any atom is -0.497 e. The molecular formula is C32H37N3O5S. The number of thiazole rings is 1. The first-order valence-electron chi connectivity index (χ1n) is 13.4. The van der Waals surface area contributed by atoms with E-state index in [1.165, 1.54) is 16.9 Å². The molecule has 0 aliphatic heterocycles. The van der Waals surface area contributed by atoms with Crippen LogP contribution < -0.4 is 24.3 Å². The van der Waals surface area contributed by atoms with E-state index in [-0.39, 0.29) is 5.91 Å². The fraction of sp³-hybridized carbons (Fsp3) is 0.312. The molecule has 41 heavy (non-hydrogen) atoms. The third-order valence-corrected chi connectivity index (χ3v) is 7.57. The molecule has 4 rings (SSSR count). The predicted molar refractivity (Wildman–Crippen MR) is 162 cm³/mol. The van der Waals surface area contributed by atoms with Crippen LogP contribution in [0.3, 0.4) is 0 Å². The predicted octanol–water partition coefficient (Wildman–Crippen LogP) is 5.39. The summed E-state index contributed by atoms with van der Waals surface area (Å²) in [7, 11) is 6.58. The number of nitrogens with zero attached hydrogens (tertiary/aromatic N) is 2. The number of nitrogens with one attached hydrogen (secondary N) is 1. The number of methoxy groups -OCH3 is 4. The van der Waals surface area contributed by atoms with E-state index in [4.69, 9.17) is 18.9 Å². The lowest BCUT2D eigenvalue weighted by atomic mass is 10.1. The number of amides is 1. The highest BCUT2D eigenvalue weighted by Crippen LogP contribution is 2.29. The normalized spacial score (nSPS) is 10.9. The van der Waals surface area contributed by atoms with Crippen LogP contribution in [0.25, 0.3) is 0 Å². The lowest BCUT2D eigenvalue weighted by molar-refractivity contribution is 0.0949. The second kappa shape index (κ2) is 15.1. The van der Waals surface area contributed by atoms with Crippen LogP contribution in [-0.2, 0) is 25.9 Å². The van der Waals surface area contributed by atoms with Crippen molar-refractivity contribution in [2.75, 3.05) is 41.5 Å². The minimum absolute atomic E-state index is 0.155. The molecule has 0 saturated carbocycles. The van der Waals surface area contributed by atoms with Crippen LogP contribution in [0.2, 0.25) is 0 Å². The van der Waals surface area contributed by atoms with Crippen molar-refractivity contribution in [2.24, 2.45) is 0 Å². The zero-order valence-corrected chi connectivity index (χ0v) is 24.8. The lowest BCUT2D eigenvalue weighted by Crippen LogP contribution is -2.27. The Morgan fingerprint density at radius 2 is 1.59 bits per heavy atom. The topological polar surface area (TPSA) is 82.2 Å². The van der Waals surface area contributed by atoms with Crippen molar-refractivity contribution < 1.29 is 23.7 Å². The summed E-state index contributed by atoms with van der Waals surface area (Å²) >= 11 is 1.49. The number of benzene rings is 3. The molecule has 3 aromatic carbocycles. The first-order valence-corrected chi connectivity index (χ1v) is 14.3. The van der Waals surface area contributed by atoms with Gasteiger partial charge >= 0.3 is 0 Å². The molecular weight excluding hydrogens is 538 g/mol. The maximum Gasteiger partial charge on any atom is 0.270 e. The van der Waals surface area contributed by atoms with Crippen molar-refractivity contribution >= 4 is 17.2 Å². The third-order valence-electron chi connectivity index (χ3n) is 6.74. The number of aromatic nitrogens is 1. The summed E-state index contributed by atoms with van der Waals surface area (Å²) in [4.78, 5) is 19.7. The van der Waals surface area contributed by atoms with Crippen molar-refractivity contribution in [1.82, 2.24) is 15.2 Å². The van der Waals surface area contributed by atoms with E-state index in [9.17, 15) is 4.79 Å². The van der Waals surface area contributed by atoms with Crippen molar-refractivity contribution in [2.45, 2.75) is 25.9 Å². The summed E-state index contributed by atoms with van der Waals surface area (Å²) in [6, 6.07) is 21.9. The molecule has 0 aliphatic carbocycles. The van der Waals surface area contributed by atoms with E-state index in [2.05, 4.69) is 33.4 Å². The van der Waals surface area contributed by atoms with Gasteiger partial charge in [-0.15, -0.1) is 11.3 Å². The molecule has 0 radical (unpaired) electrons. The number of hydrogen-bond donors (Lipinski definition) is 1. The van der Waals surface area contributed by atoms with Gasteiger partial charge in [0.2, 0.25) is 0 Å². The van der Waals surface area contributed by atoms with Gasteiger partial charge in [-0.1, -0.05) is 42.5 Å². The fourth-order valence-electron chi connectivity index (χ4n) is 4.50. The van der Waals surface area contributed by atoms with Gasteiger partial charge in [0.15, 0.2) is 11.5 Å². The van der Waals surface area contributed by atoms with E-state index >= 15 is 0 Å². The molecule has 0 fully saturated rings. The quantitative estimate of drug-likeness (QED) is 0.203. The number of carbonyl (C=O) groups excluding carboxylic acids is 1. The summed E-state index contributed by atoms with van der Waals surface area (Å²) in [5.41, 5.74) is 3.80. The standard InChI is InChI=1S/C32H37N3O5S/c1-37-26-12-11-25(29(19-26)39-3)20-35(17-15-24-10-13-28(38-2)30(18-24)40-4)21-31-34-27(22-41-31)32(36)33-16-14-23-8-6-5-7-9-23/h5-13,18-19,22H,14-17,20-21H2,1-4H3,(H,33,36). The molecule has 1 aromatic heterocycles. The zero-order valence-electron chi connectivity index (χ0n) is 24.0. The second-order valence-corrected chi connectivity index (χ2v) is 10.4. The van der Waals surface area contributed by atoms with Crippen LogP contribution in [0.1, 0.15) is 32.2 Å². The van der Waals surface area contributed by atoms with Gasteiger partial charge in [-0.2, -0.15) is 0 Å². The van der Waals surface area contributed by atoms with E-state index in [1.807, 2.05) is 53.9 Å². The van der Waals surface area contributed by atoms with Crippen molar-refractivity contribution in [3.8, 4) is 23.0 Å². The molecule has 9 heteroatoms. The molecule has 8 nitrogen and oxygen atoms in total. The molecule has 1 N–H and O–H groups in total. The van der Waals surface area contributed by atoms with Gasteiger partial charge in [-0.3, -0.25) is 9.69 Å². The van der Waals surface area contributed by atoms with E-state index in [0.29, 0.717) is 36.8 Å². The van der Waals surface area contributed by atoms with Crippen molar-refractivity contribution in [3.05, 3.63) is 99.5 Å². The monoisotopic (exact) mass is 575 g/mol. The number of carbonyl (C=O) groups is 1. The summed E-state index contributed by atoms with van der Waals surface area (Å²) in [6.07, 6.45) is 1.56. The van der Waals surface area contributed by atoms with Gasteiger partial charge in [-0.25, -0.2) is 4.98 Å². The Kier molecular flexibility index (Phi) is 11.0. The number of hydrogen-bond acceptors (Lipinski definition) is 8. The molecule has 1 amide bonds. The molecule has 4 aromatic rings. The van der Waals surface area contributed by atoms with Crippen LogP contribution in [-0.4, -0.2) is 57.3 Å². The Morgan fingerprint density at radius 3 is 2.32 bits per heavy atom. The molecule has 1 heterocycles. The van der Waals surface area contributed by atoms with Crippen LogP contribution in [0.4, 0.5) is 0 Å². The summed E-state index contributed by atoms with van der Waals surface area (Å²) in [6.45, 7) is 2.54. The van der Waals surface area contributed by atoms with Crippen molar-refractivity contribution in [3.63, 3.8) is 0 Å².